The van der Waals surface area contributed by atoms with Gasteiger partial charge in [0.1, 0.15) is 23.8 Å². The Morgan fingerprint density at radius 3 is 1.98 bits per heavy atom. The Balaban J connectivity index is 1.65. The van der Waals surface area contributed by atoms with Crippen LogP contribution in [-0.4, -0.2) is 53.0 Å². The van der Waals surface area contributed by atoms with E-state index in [2.05, 4.69) is 21.3 Å². The zero-order valence-corrected chi connectivity index (χ0v) is 26.7. The monoisotopic (exact) mass is 616 g/mol. The van der Waals surface area contributed by atoms with Crippen LogP contribution in [-0.2, 0) is 20.9 Å². The standard InChI is InChI=1S/C35H44N4O6/c1-22(2)28(29(40)33(43)36-21-24-15-9-7-10-16-24)38-31(41)23(3)37-34(44)30(35(4,5)6)39-32(42)26-19-13-14-20-27(26)45-25-17-11-8-12-18-25/h7-20,22-23,28,30-31,38,41H,21H2,1-6H3,(H,36,43)(H,37,44)(H,39,42). The Kier molecular flexibility index (Phi) is 12.4. The number of amides is 3. The molecule has 45 heavy (non-hydrogen) atoms. The van der Waals surface area contributed by atoms with Crippen molar-refractivity contribution in [3.63, 3.8) is 0 Å². The first-order chi connectivity index (χ1) is 21.3. The second-order valence-corrected chi connectivity index (χ2v) is 12.3. The van der Waals surface area contributed by atoms with Crippen LogP contribution in [0.2, 0.25) is 0 Å². The normalized spacial score (nSPS) is 14.0. The number of benzene rings is 3. The van der Waals surface area contributed by atoms with Crippen LogP contribution in [0.3, 0.4) is 0 Å². The fraction of sp³-hybridized carbons (Fsp3) is 0.371. The number of para-hydroxylation sites is 2. The van der Waals surface area contributed by atoms with E-state index in [0.29, 0.717) is 11.5 Å². The highest BCUT2D eigenvalue weighted by molar-refractivity contribution is 6.38. The van der Waals surface area contributed by atoms with Crippen LogP contribution in [0, 0.1) is 11.3 Å². The van der Waals surface area contributed by atoms with Gasteiger partial charge in [0.25, 0.3) is 11.8 Å². The second-order valence-electron chi connectivity index (χ2n) is 12.3. The molecule has 0 heterocycles. The Hall–Kier alpha value is -4.54. The van der Waals surface area contributed by atoms with Crippen molar-refractivity contribution < 1.29 is 29.0 Å². The van der Waals surface area contributed by atoms with Gasteiger partial charge in [-0.25, -0.2) is 0 Å². The van der Waals surface area contributed by atoms with Crippen LogP contribution < -0.4 is 26.0 Å². The second kappa shape index (κ2) is 16.0. The van der Waals surface area contributed by atoms with E-state index < -0.39 is 53.3 Å². The molecule has 4 unspecified atom stereocenters. The van der Waals surface area contributed by atoms with Crippen molar-refractivity contribution in [2.45, 2.75) is 72.4 Å². The molecule has 0 fully saturated rings. The molecule has 0 bridgehead atoms. The van der Waals surface area contributed by atoms with Crippen molar-refractivity contribution in [2.75, 3.05) is 0 Å². The van der Waals surface area contributed by atoms with Crippen LogP contribution in [0.1, 0.15) is 57.5 Å². The summed E-state index contributed by atoms with van der Waals surface area (Å²) < 4.78 is 5.93. The summed E-state index contributed by atoms with van der Waals surface area (Å²) in [5, 5.41) is 21.9. The summed E-state index contributed by atoms with van der Waals surface area (Å²) >= 11 is 0. The van der Waals surface area contributed by atoms with E-state index in [1.165, 1.54) is 0 Å². The topological polar surface area (TPSA) is 146 Å². The molecule has 0 aliphatic heterocycles. The molecular formula is C35H44N4O6. The minimum absolute atomic E-state index is 0.189. The molecule has 3 aromatic carbocycles. The zero-order valence-electron chi connectivity index (χ0n) is 26.7. The maximum absolute atomic E-state index is 13.5. The average molecular weight is 617 g/mol. The molecule has 0 spiro atoms. The minimum Gasteiger partial charge on any atom is -0.457 e. The van der Waals surface area contributed by atoms with E-state index in [-0.39, 0.29) is 18.0 Å². The summed E-state index contributed by atoms with van der Waals surface area (Å²) in [5.41, 5.74) is 0.388. The van der Waals surface area contributed by atoms with Crippen LogP contribution in [0.4, 0.5) is 0 Å². The van der Waals surface area contributed by atoms with Crippen LogP contribution in [0.5, 0.6) is 11.5 Å². The molecule has 3 aromatic rings. The van der Waals surface area contributed by atoms with E-state index in [1.807, 2.05) is 69.3 Å². The first-order valence-corrected chi connectivity index (χ1v) is 15.0. The third kappa shape index (κ3) is 10.3. The molecule has 240 valence electrons. The Labute approximate surface area is 265 Å². The number of hydrogen-bond acceptors (Lipinski definition) is 7. The molecule has 0 aliphatic rings. The Morgan fingerprint density at radius 1 is 0.800 bits per heavy atom. The molecule has 5 N–H and O–H groups in total. The number of Topliss-reactive ketones (excluding diaryl/α,β-unsaturated/α-hetero) is 1. The highest BCUT2D eigenvalue weighted by atomic mass is 16.5. The zero-order chi connectivity index (χ0) is 33.1. The smallest absolute Gasteiger partial charge is 0.289 e. The quantitative estimate of drug-likeness (QED) is 0.136. The van der Waals surface area contributed by atoms with Gasteiger partial charge in [0.15, 0.2) is 0 Å². The van der Waals surface area contributed by atoms with E-state index in [9.17, 15) is 24.3 Å². The van der Waals surface area contributed by atoms with Gasteiger partial charge in [-0.15, -0.1) is 0 Å². The van der Waals surface area contributed by atoms with Gasteiger partial charge in [-0.3, -0.25) is 24.5 Å². The van der Waals surface area contributed by atoms with Gasteiger partial charge >= 0.3 is 0 Å². The highest BCUT2D eigenvalue weighted by Crippen LogP contribution is 2.26. The lowest BCUT2D eigenvalue weighted by molar-refractivity contribution is -0.140. The van der Waals surface area contributed by atoms with Crippen molar-refractivity contribution in [1.29, 1.82) is 0 Å². The number of carbonyl (C=O) groups is 4. The fourth-order valence-electron chi connectivity index (χ4n) is 4.54. The number of carbonyl (C=O) groups excluding carboxylic acids is 4. The summed E-state index contributed by atoms with van der Waals surface area (Å²) in [7, 11) is 0. The minimum atomic E-state index is -1.37. The lowest BCUT2D eigenvalue weighted by Gasteiger charge is -2.33. The molecule has 0 saturated carbocycles. The number of aliphatic hydroxyl groups excluding tert-OH is 1. The molecule has 0 saturated heterocycles. The fourth-order valence-corrected chi connectivity index (χ4v) is 4.54. The van der Waals surface area contributed by atoms with Crippen molar-refractivity contribution in [3.05, 3.63) is 96.1 Å². The molecule has 3 rings (SSSR count). The molecule has 4 atom stereocenters. The third-order valence-electron chi connectivity index (χ3n) is 7.17. The highest BCUT2D eigenvalue weighted by Gasteiger charge is 2.36. The predicted molar refractivity (Wildman–Crippen MR) is 172 cm³/mol. The molecule has 0 aromatic heterocycles. The van der Waals surface area contributed by atoms with Crippen molar-refractivity contribution in [2.24, 2.45) is 11.3 Å². The maximum atomic E-state index is 13.5. The van der Waals surface area contributed by atoms with E-state index in [0.717, 1.165) is 5.56 Å². The molecule has 3 amide bonds. The van der Waals surface area contributed by atoms with Gasteiger partial charge < -0.3 is 25.8 Å². The van der Waals surface area contributed by atoms with Crippen molar-refractivity contribution in [3.8, 4) is 11.5 Å². The number of aliphatic hydroxyl groups is 1. The molecular weight excluding hydrogens is 572 g/mol. The van der Waals surface area contributed by atoms with Gasteiger partial charge in [0.05, 0.1) is 17.6 Å². The number of ether oxygens (including phenoxy) is 1. The summed E-state index contributed by atoms with van der Waals surface area (Å²) in [6, 6.07) is 22.1. The lowest BCUT2D eigenvalue weighted by atomic mass is 9.85. The predicted octanol–water partition coefficient (Wildman–Crippen LogP) is 3.95. The third-order valence-corrected chi connectivity index (χ3v) is 7.17. The van der Waals surface area contributed by atoms with E-state index >= 15 is 0 Å². The van der Waals surface area contributed by atoms with Gasteiger partial charge in [0, 0.05) is 6.54 Å². The molecule has 0 radical (unpaired) electrons. The molecule has 10 nitrogen and oxygen atoms in total. The molecule has 0 aliphatic carbocycles. The van der Waals surface area contributed by atoms with Crippen molar-refractivity contribution >= 4 is 23.5 Å². The number of nitrogens with one attached hydrogen (secondary N) is 4. The molecule has 10 heteroatoms. The van der Waals surface area contributed by atoms with Crippen molar-refractivity contribution in [1.82, 2.24) is 21.3 Å². The lowest BCUT2D eigenvalue weighted by Crippen LogP contribution is -2.60. The summed E-state index contributed by atoms with van der Waals surface area (Å²) in [4.78, 5) is 52.6. The SMILES string of the molecule is CC(C)C(NC(O)C(C)NC(=O)C(NC(=O)c1ccccc1Oc1ccccc1)C(C)(C)C)C(=O)C(=O)NCc1ccccc1. The summed E-state index contributed by atoms with van der Waals surface area (Å²) in [6.45, 7) is 10.7. The summed E-state index contributed by atoms with van der Waals surface area (Å²) in [6.07, 6.45) is -1.37. The largest absolute Gasteiger partial charge is 0.457 e. The van der Waals surface area contributed by atoms with Crippen LogP contribution >= 0.6 is 0 Å². The van der Waals surface area contributed by atoms with Crippen LogP contribution in [0.25, 0.3) is 0 Å². The number of hydrogen-bond donors (Lipinski definition) is 5. The van der Waals surface area contributed by atoms with Gasteiger partial charge in [0.2, 0.25) is 11.7 Å². The van der Waals surface area contributed by atoms with Gasteiger partial charge in [-0.2, -0.15) is 0 Å². The Bertz CT molecular complexity index is 1440. The first kappa shape index (κ1) is 34.9. The summed E-state index contributed by atoms with van der Waals surface area (Å²) in [5.74, 6) is -1.98. The van der Waals surface area contributed by atoms with Crippen LogP contribution in [0.15, 0.2) is 84.9 Å². The first-order valence-electron chi connectivity index (χ1n) is 15.0. The van der Waals surface area contributed by atoms with E-state index in [1.54, 1.807) is 57.2 Å². The Morgan fingerprint density at radius 2 is 1.38 bits per heavy atom. The average Bonchev–Trinajstić information content (AvgIpc) is 3.01. The van der Waals surface area contributed by atoms with E-state index in [4.69, 9.17) is 4.74 Å². The van der Waals surface area contributed by atoms with Gasteiger partial charge in [-0.1, -0.05) is 95.3 Å². The number of rotatable bonds is 14. The maximum Gasteiger partial charge on any atom is 0.289 e. The van der Waals surface area contributed by atoms with Gasteiger partial charge in [-0.05, 0) is 48.1 Å². The number of ketones is 1.